The van der Waals surface area contributed by atoms with Crippen molar-refractivity contribution in [1.82, 2.24) is 20.4 Å². The van der Waals surface area contributed by atoms with Gasteiger partial charge < -0.3 is 15.3 Å². The standard InChI is InChI=1S/C15H15ClN4O3/c16-10-3-1-9(2-4-10)7-17-15(23)20-6-5-11-12(8-20)18-19-13(11)14(21)22/h1-4H,5-8H2,(H,17,23)(H,18,19)(H,21,22). The summed E-state index contributed by atoms with van der Waals surface area (Å²) in [7, 11) is 0. The maximum Gasteiger partial charge on any atom is 0.356 e. The van der Waals surface area contributed by atoms with Crippen LogP contribution in [-0.2, 0) is 19.5 Å². The van der Waals surface area contributed by atoms with Gasteiger partial charge in [-0.1, -0.05) is 23.7 Å². The first-order valence-electron chi connectivity index (χ1n) is 7.11. The van der Waals surface area contributed by atoms with Crippen molar-refractivity contribution in [2.24, 2.45) is 0 Å². The van der Waals surface area contributed by atoms with E-state index in [2.05, 4.69) is 15.5 Å². The first-order valence-corrected chi connectivity index (χ1v) is 7.49. The van der Waals surface area contributed by atoms with Crippen LogP contribution in [0.15, 0.2) is 24.3 Å². The van der Waals surface area contributed by atoms with Crippen molar-refractivity contribution in [2.45, 2.75) is 19.5 Å². The molecule has 2 aromatic rings. The summed E-state index contributed by atoms with van der Waals surface area (Å²) in [6.45, 7) is 1.18. The average molecular weight is 335 g/mol. The van der Waals surface area contributed by atoms with E-state index in [1.807, 2.05) is 12.1 Å². The molecule has 1 aliphatic rings. The van der Waals surface area contributed by atoms with E-state index in [0.29, 0.717) is 42.3 Å². The Morgan fingerprint density at radius 3 is 2.78 bits per heavy atom. The van der Waals surface area contributed by atoms with E-state index in [0.717, 1.165) is 5.56 Å². The number of aromatic carboxylic acids is 1. The molecule has 0 spiro atoms. The quantitative estimate of drug-likeness (QED) is 0.799. The molecule has 0 saturated heterocycles. The van der Waals surface area contributed by atoms with Gasteiger partial charge in [-0.3, -0.25) is 5.10 Å². The van der Waals surface area contributed by atoms with Crippen LogP contribution in [0.2, 0.25) is 5.02 Å². The van der Waals surface area contributed by atoms with Gasteiger partial charge in [0.1, 0.15) is 0 Å². The third-order valence-electron chi connectivity index (χ3n) is 3.78. The molecule has 2 amide bonds. The SMILES string of the molecule is O=C(O)c1n[nH]c2c1CCN(C(=O)NCc1ccc(Cl)cc1)C2. The minimum atomic E-state index is -1.05. The number of nitrogens with zero attached hydrogens (tertiary/aromatic N) is 2. The molecule has 7 nitrogen and oxygen atoms in total. The van der Waals surface area contributed by atoms with Gasteiger partial charge in [-0.05, 0) is 24.1 Å². The van der Waals surface area contributed by atoms with Gasteiger partial charge >= 0.3 is 12.0 Å². The summed E-state index contributed by atoms with van der Waals surface area (Å²) in [5, 5.41) is 19.0. The van der Waals surface area contributed by atoms with Gasteiger partial charge in [0, 0.05) is 23.7 Å². The molecule has 3 N–H and O–H groups in total. The maximum absolute atomic E-state index is 12.2. The highest BCUT2D eigenvalue weighted by Gasteiger charge is 2.27. The molecular formula is C15H15ClN4O3. The summed E-state index contributed by atoms with van der Waals surface area (Å²) in [5.41, 5.74) is 2.35. The number of carbonyl (C=O) groups is 2. The molecule has 1 aromatic heterocycles. The molecule has 0 saturated carbocycles. The molecule has 8 heteroatoms. The molecule has 1 aromatic carbocycles. The Bertz CT molecular complexity index is 742. The number of urea groups is 1. The zero-order chi connectivity index (χ0) is 16.4. The molecule has 23 heavy (non-hydrogen) atoms. The Balaban J connectivity index is 1.60. The maximum atomic E-state index is 12.2. The second kappa shape index (κ2) is 6.29. The molecule has 120 valence electrons. The Morgan fingerprint density at radius 1 is 1.35 bits per heavy atom. The number of carbonyl (C=O) groups excluding carboxylic acids is 1. The number of aromatic nitrogens is 2. The van der Waals surface area contributed by atoms with Gasteiger partial charge in [-0.25, -0.2) is 9.59 Å². The molecule has 0 fully saturated rings. The van der Waals surface area contributed by atoms with Crippen LogP contribution < -0.4 is 5.32 Å². The number of aromatic amines is 1. The normalized spacial score (nSPS) is 13.5. The third kappa shape index (κ3) is 3.29. The van der Waals surface area contributed by atoms with Crippen LogP contribution >= 0.6 is 11.6 Å². The number of halogens is 1. The highest BCUT2D eigenvalue weighted by molar-refractivity contribution is 6.30. The second-order valence-corrected chi connectivity index (χ2v) is 5.73. The topological polar surface area (TPSA) is 98.3 Å². The molecule has 1 aliphatic heterocycles. The first-order chi connectivity index (χ1) is 11.0. The number of carboxylic acid groups (broad SMARTS) is 1. The van der Waals surface area contributed by atoms with Gasteiger partial charge in [0.15, 0.2) is 5.69 Å². The predicted octanol–water partition coefficient (Wildman–Crippen LogP) is 2.03. The van der Waals surface area contributed by atoms with Crippen molar-refractivity contribution < 1.29 is 14.7 Å². The first kappa shape index (κ1) is 15.4. The lowest BCUT2D eigenvalue weighted by atomic mass is 10.0. The van der Waals surface area contributed by atoms with Gasteiger partial charge in [0.2, 0.25) is 0 Å². The summed E-state index contributed by atoms with van der Waals surface area (Å²) in [6, 6.07) is 7.05. The van der Waals surface area contributed by atoms with Crippen molar-refractivity contribution in [3.8, 4) is 0 Å². The number of rotatable bonds is 3. The minimum absolute atomic E-state index is 0.0428. The smallest absolute Gasteiger partial charge is 0.356 e. The molecule has 0 bridgehead atoms. The molecule has 0 aliphatic carbocycles. The lowest BCUT2D eigenvalue weighted by molar-refractivity contribution is 0.0689. The number of benzene rings is 1. The van der Waals surface area contributed by atoms with E-state index in [-0.39, 0.29) is 11.7 Å². The Hall–Kier alpha value is -2.54. The largest absolute Gasteiger partial charge is 0.476 e. The second-order valence-electron chi connectivity index (χ2n) is 5.29. The van der Waals surface area contributed by atoms with Crippen molar-refractivity contribution in [2.75, 3.05) is 6.54 Å². The Kier molecular flexibility index (Phi) is 4.20. The van der Waals surface area contributed by atoms with E-state index in [9.17, 15) is 9.59 Å². The van der Waals surface area contributed by atoms with Crippen LogP contribution in [0.25, 0.3) is 0 Å². The van der Waals surface area contributed by atoms with Gasteiger partial charge in [-0.2, -0.15) is 5.10 Å². The van der Waals surface area contributed by atoms with E-state index in [1.165, 1.54) is 0 Å². The van der Waals surface area contributed by atoms with Gasteiger partial charge in [0.05, 0.1) is 12.2 Å². The third-order valence-corrected chi connectivity index (χ3v) is 4.03. The fourth-order valence-corrected chi connectivity index (χ4v) is 2.69. The minimum Gasteiger partial charge on any atom is -0.476 e. The Labute approximate surface area is 137 Å². The van der Waals surface area contributed by atoms with Crippen LogP contribution in [-0.4, -0.2) is 38.7 Å². The van der Waals surface area contributed by atoms with Gasteiger partial charge in [-0.15, -0.1) is 0 Å². The zero-order valence-electron chi connectivity index (χ0n) is 12.2. The van der Waals surface area contributed by atoms with Crippen LogP contribution in [0.1, 0.15) is 27.3 Å². The monoisotopic (exact) mass is 334 g/mol. The van der Waals surface area contributed by atoms with Crippen molar-refractivity contribution in [3.63, 3.8) is 0 Å². The lowest BCUT2D eigenvalue weighted by Gasteiger charge is -2.26. The van der Waals surface area contributed by atoms with E-state index < -0.39 is 5.97 Å². The molecule has 0 unspecified atom stereocenters. The number of H-pyrrole nitrogens is 1. The number of hydrogen-bond donors (Lipinski definition) is 3. The van der Waals surface area contributed by atoms with Crippen LogP contribution in [0.4, 0.5) is 4.79 Å². The number of amides is 2. The number of fused-ring (bicyclic) bond motifs is 1. The van der Waals surface area contributed by atoms with Crippen LogP contribution in [0, 0.1) is 0 Å². The zero-order valence-corrected chi connectivity index (χ0v) is 12.9. The summed E-state index contributed by atoms with van der Waals surface area (Å²) in [5.74, 6) is -1.05. The van der Waals surface area contributed by atoms with Crippen LogP contribution in [0.5, 0.6) is 0 Å². The van der Waals surface area contributed by atoms with Crippen LogP contribution in [0.3, 0.4) is 0 Å². The van der Waals surface area contributed by atoms with Gasteiger partial charge in [0.25, 0.3) is 0 Å². The number of carboxylic acids is 1. The Morgan fingerprint density at radius 2 is 2.09 bits per heavy atom. The fourth-order valence-electron chi connectivity index (χ4n) is 2.56. The highest BCUT2D eigenvalue weighted by Crippen LogP contribution is 2.20. The van der Waals surface area contributed by atoms with Crippen molar-refractivity contribution >= 4 is 23.6 Å². The predicted molar refractivity (Wildman–Crippen MR) is 83.3 cm³/mol. The fraction of sp³-hybridized carbons (Fsp3) is 0.267. The van der Waals surface area contributed by atoms with Crippen molar-refractivity contribution in [1.29, 1.82) is 0 Å². The molecule has 2 heterocycles. The number of nitrogens with one attached hydrogen (secondary N) is 2. The average Bonchev–Trinajstić information content (AvgIpc) is 2.97. The summed E-state index contributed by atoms with van der Waals surface area (Å²) in [6.07, 6.45) is 0.474. The summed E-state index contributed by atoms with van der Waals surface area (Å²) >= 11 is 5.82. The summed E-state index contributed by atoms with van der Waals surface area (Å²) < 4.78 is 0. The molecule has 0 radical (unpaired) electrons. The van der Waals surface area contributed by atoms with E-state index >= 15 is 0 Å². The lowest BCUT2D eigenvalue weighted by Crippen LogP contribution is -2.42. The number of hydrogen-bond acceptors (Lipinski definition) is 3. The summed E-state index contributed by atoms with van der Waals surface area (Å²) in [4.78, 5) is 24.9. The van der Waals surface area contributed by atoms with E-state index in [1.54, 1.807) is 17.0 Å². The highest BCUT2D eigenvalue weighted by atomic mass is 35.5. The van der Waals surface area contributed by atoms with Crippen molar-refractivity contribution in [3.05, 3.63) is 51.8 Å². The molecule has 0 atom stereocenters. The van der Waals surface area contributed by atoms with E-state index in [4.69, 9.17) is 16.7 Å². The molecular weight excluding hydrogens is 320 g/mol. The molecule has 3 rings (SSSR count).